The number of Topliss-reactive ketones (excluding diaryl/α,β-unsaturated/α-hetero) is 1. The summed E-state index contributed by atoms with van der Waals surface area (Å²) in [5, 5.41) is 0.490. The molecular formula is C23H19ClF3NO3S. The predicted octanol–water partition coefficient (Wildman–Crippen LogP) is 5.20. The van der Waals surface area contributed by atoms with E-state index < -0.39 is 22.7 Å². The number of carbonyl (C=O) groups excluding carboxylic acids is 1. The molecule has 0 bridgehead atoms. The van der Waals surface area contributed by atoms with Crippen molar-refractivity contribution in [3.63, 3.8) is 0 Å². The Labute approximate surface area is 189 Å². The highest BCUT2D eigenvalue weighted by Crippen LogP contribution is 2.28. The van der Waals surface area contributed by atoms with Gasteiger partial charge in [-0.3, -0.25) is 4.79 Å². The second kappa shape index (κ2) is 9.85. The summed E-state index contributed by atoms with van der Waals surface area (Å²) in [5.41, 5.74) is 2.49. The van der Waals surface area contributed by atoms with Crippen molar-refractivity contribution >= 4 is 27.4 Å². The van der Waals surface area contributed by atoms with E-state index in [1.54, 1.807) is 53.3 Å². The first-order chi connectivity index (χ1) is 15.0. The molecule has 4 nitrogen and oxygen atoms in total. The number of hydrogen-bond acceptors (Lipinski definition) is 3. The summed E-state index contributed by atoms with van der Waals surface area (Å²) in [5.74, 6) is -0.192. The molecule has 0 radical (unpaired) electrons. The molecule has 0 aliphatic rings. The van der Waals surface area contributed by atoms with Crippen molar-refractivity contribution in [2.45, 2.75) is 23.9 Å². The summed E-state index contributed by atoms with van der Waals surface area (Å²) in [4.78, 5) is 12.4. The molecule has 3 aromatic carbocycles. The Morgan fingerprint density at radius 3 is 2.28 bits per heavy atom. The fourth-order valence-electron chi connectivity index (χ4n) is 3.19. The standard InChI is InChI=1S/C23H19ClF3NO3S/c24-19-8-4-5-16(11-19)12-20(29)13-18-14-21(32(30,31)28-15-23(25,26)27)9-10-22(18)17-6-2-1-3-7-17/h1-11,14,28H,12-13,15H2. The lowest BCUT2D eigenvalue weighted by molar-refractivity contribution is -0.121. The van der Waals surface area contributed by atoms with E-state index in [0.29, 0.717) is 21.7 Å². The van der Waals surface area contributed by atoms with Crippen LogP contribution in [0.15, 0.2) is 77.7 Å². The Hall–Kier alpha value is -2.68. The van der Waals surface area contributed by atoms with Gasteiger partial charge in [0, 0.05) is 17.9 Å². The Morgan fingerprint density at radius 1 is 0.906 bits per heavy atom. The molecule has 0 aliphatic heterocycles. The van der Waals surface area contributed by atoms with Crippen molar-refractivity contribution in [3.05, 3.63) is 88.9 Å². The van der Waals surface area contributed by atoms with Gasteiger partial charge in [0.05, 0.1) is 4.90 Å². The van der Waals surface area contributed by atoms with Crippen LogP contribution in [0.5, 0.6) is 0 Å². The molecule has 32 heavy (non-hydrogen) atoms. The SMILES string of the molecule is O=C(Cc1cccc(Cl)c1)Cc1cc(S(=O)(=O)NCC(F)(F)F)ccc1-c1ccccc1. The minimum atomic E-state index is -4.69. The average Bonchev–Trinajstić information content (AvgIpc) is 2.72. The van der Waals surface area contributed by atoms with E-state index in [4.69, 9.17) is 11.6 Å². The molecule has 0 amide bonds. The molecule has 3 aromatic rings. The number of alkyl halides is 3. The summed E-state index contributed by atoms with van der Waals surface area (Å²) >= 11 is 5.96. The molecule has 0 aromatic heterocycles. The van der Waals surface area contributed by atoms with E-state index >= 15 is 0 Å². The van der Waals surface area contributed by atoms with Crippen LogP contribution in [-0.2, 0) is 27.7 Å². The maximum Gasteiger partial charge on any atom is 0.402 e. The lowest BCUT2D eigenvalue weighted by Crippen LogP contribution is -2.33. The van der Waals surface area contributed by atoms with E-state index in [0.717, 1.165) is 5.56 Å². The van der Waals surface area contributed by atoms with Gasteiger partial charge in [0.15, 0.2) is 0 Å². The van der Waals surface area contributed by atoms with Crippen LogP contribution in [0.1, 0.15) is 11.1 Å². The second-order valence-corrected chi connectivity index (χ2v) is 9.35. The molecular weight excluding hydrogens is 463 g/mol. The van der Waals surface area contributed by atoms with Crippen molar-refractivity contribution in [2.75, 3.05) is 6.54 Å². The van der Waals surface area contributed by atoms with Crippen molar-refractivity contribution in [3.8, 4) is 11.1 Å². The smallest absolute Gasteiger partial charge is 0.299 e. The summed E-state index contributed by atoms with van der Waals surface area (Å²) < 4.78 is 63.8. The molecule has 9 heteroatoms. The fourth-order valence-corrected chi connectivity index (χ4v) is 4.47. The van der Waals surface area contributed by atoms with Crippen LogP contribution < -0.4 is 4.72 Å². The van der Waals surface area contributed by atoms with Crippen LogP contribution in [-0.4, -0.2) is 26.9 Å². The predicted molar refractivity (Wildman–Crippen MR) is 117 cm³/mol. The minimum Gasteiger partial charge on any atom is -0.299 e. The topological polar surface area (TPSA) is 63.2 Å². The number of ketones is 1. The van der Waals surface area contributed by atoms with Crippen LogP contribution in [0.2, 0.25) is 5.02 Å². The van der Waals surface area contributed by atoms with Gasteiger partial charge in [-0.05, 0) is 46.5 Å². The first-order valence-electron chi connectivity index (χ1n) is 9.54. The molecule has 1 N–H and O–H groups in total. The molecule has 0 heterocycles. The Balaban J connectivity index is 1.93. The highest BCUT2D eigenvalue weighted by molar-refractivity contribution is 7.89. The Bertz CT molecular complexity index is 1210. The zero-order valence-electron chi connectivity index (χ0n) is 16.7. The van der Waals surface area contributed by atoms with E-state index in [-0.39, 0.29) is 23.5 Å². The molecule has 0 atom stereocenters. The highest BCUT2D eigenvalue weighted by atomic mass is 35.5. The largest absolute Gasteiger partial charge is 0.402 e. The lowest BCUT2D eigenvalue weighted by Gasteiger charge is -2.14. The van der Waals surface area contributed by atoms with Crippen molar-refractivity contribution in [2.24, 2.45) is 0 Å². The first-order valence-corrected chi connectivity index (χ1v) is 11.4. The number of halogens is 4. The van der Waals surface area contributed by atoms with Gasteiger partial charge in [-0.2, -0.15) is 13.2 Å². The van der Waals surface area contributed by atoms with Crippen LogP contribution in [0, 0.1) is 0 Å². The number of benzene rings is 3. The number of carbonyl (C=O) groups is 1. The molecule has 0 saturated carbocycles. The van der Waals surface area contributed by atoms with Gasteiger partial charge < -0.3 is 0 Å². The highest BCUT2D eigenvalue weighted by Gasteiger charge is 2.30. The van der Waals surface area contributed by atoms with E-state index in [2.05, 4.69) is 0 Å². The molecule has 0 aliphatic carbocycles. The molecule has 0 fully saturated rings. The van der Waals surface area contributed by atoms with Gasteiger partial charge in [0.1, 0.15) is 12.3 Å². The van der Waals surface area contributed by atoms with E-state index in [1.807, 2.05) is 6.07 Å². The first kappa shape index (κ1) is 24.0. The van der Waals surface area contributed by atoms with Crippen LogP contribution in [0.25, 0.3) is 11.1 Å². The minimum absolute atomic E-state index is 0.0814. The van der Waals surface area contributed by atoms with Crippen molar-refractivity contribution in [1.82, 2.24) is 4.72 Å². The van der Waals surface area contributed by atoms with Crippen LogP contribution in [0.4, 0.5) is 13.2 Å². The molecule has 168 valence electrons. The van der Waals surface area contributed by atoms with Gasteiger partial charge >= 0.3 is 6.18 Å². The fraction of sp³-hybridized carbons (Fsp3) is 0.174. The van der Waals surface area contributed by atoms with Gasteiger partial charge in [0.2, 0.25) is 10.0 Å². The zero-order chi connectivity index (χ0) is 23.4. The maximum atomic E-state index is 12.7. The molecule has 3 rings (SSSR count). The van der Waals surface area contributed by atoms with E-state index in [1.165, 1.54) is 18.2 Å². The third kappa shape index (κ3) is 6.66. The summed E-state index contributed by atoms with van der Waals surface area (Å²) in [6.45, 7) is -1.68. The summed E-state index contributed by atoms with van der Waals surface area (Å²) in [7, 11) is -4.41. The second-order valence-electron chi connectivity index (χ2n) is 7.15. The monoisotopic (exact) mass is 481 g/mol. The third-order valence-electron chi connectivity index (χ3n) is 4.61. The van der Waals surface area contributed by atoms with Gasteiger partial charge in [-0.1, -0.05) is 60.1 Å². The Kier molecular flexibility index (Phi) is 7.38. The van der Waals surface area contributed by atoms with Gasteiger partial charge in [-0.15, -0.1) is 0 Å². The maximum absolute atomic E-state index is 12.7. The molecule has 0 saturated heterocycles. The zero-order valence-corrected chi connectivity index (χ0v) is 18.3. The van der Waals surface area contributed by atoms with Gasteiger partial charge in [-0.25, -0.2) is 13.1 Å². The molecule has 0 spiro atoms. The number of sulfonamides is 1. The van der Waals surface area contributed by atoms with Crippen LogP contribution >= 0.6 is 11.6 Å². The summed E-state index contributed by atoms with van der Waals surface area (Å²) in [6, 6.07) is 19.8. The normalized spacial score (nSPS) is 12.0. The van der Waals surface area contributed by atoms with Crippen LogP contribution in [0.3, 0.4) is 0 Å². The quantitative estimate of drug-likeness (QED) is 0.481. The third-order valence-corrected chi connectivity index (χ3v) is 6.25. The number of rotatable bonds is 8. The molecule has 0 unspecified atom stereocenters. The number of hydrogen-bond donors (Lipinski definition) is 1. The summed E-state index contributed by atoms with van der Waals surface area (Å²) in [6.07, 6.45) is -4.70. The van der Waals surface area contributed by atoms with Crippen molar-refractivity contribution < 1.29 is 26.4 Å². The Morgan fingerprint density at radius 2 is 1.62 bits per heavy atom. The van der Waals surface area contributed by atoms with Crippen molar-refractivity contribution in [1.29, 1.82) is 0 Å². The average molecular weight is 482 g/mol. The van der Waals surface area contributed by atoms with Gasteiger partial charge in [0.25, 0.3) is 0 Å². The lowest BCUT2D eigenvalue weighted by atomic mass is 9.94. The van der Waals surface area contributed by atoms with E-state index in [9.17, 15) is 26.4 Å². The number of nitrogens with one attached hydrogen (secondary N) is 1.